The lowest BCUT2D eigenvalue weighted by atomic mass is 9.98. The molecule has 8 heteroatoms. The Kier molecular flexibility index (Phi) is 8.25. The summed E-state index contributed by atoms with van der Waals surface area (Å²) in [6.45, 7) is 2.17. The molecule has 1 saturated heterocycles. The number of carbonyl (C=O) groups excluding carboxylic acids is 1. The van der Waals surface area contributed by atoms with Crippen LogP contribution in [0.3, 0.4) is 0 Å². The molecule has 1 fully saturated rings. The van der Waals surface area contributed by atoms with E-state index in [1.165, 1.54) is 13.0 Å². The van der Waals surface area contributed by atoms with Gasteiger partial charge in [0.25, 0.3) is 0 Å². The van der Waals surface area contributed by atoms with Crippen LogP contribution in [-0.2, 0) is 16.1 Å². The standard InChI is InChI=1S/C28H27ClO7/c1-17(30)22-12-13-23(25(29)26(22)31)35-16-18-8-10-19(11-9-18)27(36-24-7-2-3-14-34-24)20-5-4-6-21(15-20)28(32)33/h4-6,8-13,15,24,27,31H,2-3,7,14,16H2,1H3,(H,32,33). The van der Waals surface area contributed by atoms with Crippen LogP contribution in [0.1, 0.15) is 69.7 Å². The van der Waals surface area contributed by atoms with Crippen LogP contribution in [0.4, 0.5) is 0 Å². The molecule has 1 aliphatic rings. The van der Waals surface area contributed by atoms with Gasteiger partial charge in [-0.15, -0.1) is 0 Å². The van der Waals surface area contributed by atoms with Crippen LogP contribution in [0.5, 0.6) is 11.5 Å². The number of carboxylic acids is 1. The van der Waals surface area contributed by atoms with Crippen molar-refractivity contribution >= 4 is 23.4 Å². The SMILES string of the molecule is CC(=O)c1ccc(OCc2ccc(C(OC3CCCCO3)c3cccc(C(=O)O)c3)cc2)c(Cl)c1O. The van der Waals surface area contributed by atoms with Crippen molar-refractivity contribution in [2.75, 3.05) is 6.61 Å². The molecule has 7 nitrogen and oxygen atoms in total. The van der Waals surface area contributed by atoms with Gasteiger partial charge in [-0.1, -0.05) is 48.0 Å². The van der Waals surface area contributed by atoms with E-state index in [1.807, 2.05) is 30.3 Å². The maximum atomic E-state index is 11.6. The Hall–Kier alpha value is -3.39. The van der Waals surface area contributed by atoms with Gasteiger partial charge in [-0.3, -0.25) is 4.79 Å². The summed E-state index contributed by atoms with van der Waals surface area (Å²) in [5.74, 6) is -1.33. The van der Waals surface area contributed by atoms with Crippen molar-refractivity contribution in [3.63, 3.8) is 0 Å². The highest BCUT2D eigenvalue weighted by atomic mass is 35.5. The predicted molar refractivity (Wildman–Crippen MR) is 134 cm³/mol. The zero-order chi connectivity index (χ0) is 25.7. The molecule has 3 aromatic carbocycles. The maximum Gasteiger partial charge on any atom is 0.335 e. The fourth-order valence-corrected chi connectivity index (χ4v) is 4.27. The van der Waals surface area contributed by atoms with Crippen molar-refractivity contribution in [3.05, 3.63) is 93.5 Å². The van der Waals surface area contributed by atoms with Crippen LogP contribution in [0.15, 0.2) is 60.7 Å². The number of carboxylic acid groups (broad SMARTS) is 1. The summed E-state index contributed by atoms with van der Waals surface area (Å²) in [5.41, 5.74) is 2.73. The van der Waals surface area contributed by atoms with E-state index in [4.69, 9.17) is 25.8 Å². The van der Waals surface area contributed by atoms with Crippen LogP contribution in [0.2, 0.25) is 5.02 Å². The summed E-state index contributed by atoms with van der Waals surface area (Å²) < 4.78 is 17.8. The van der Waals surface area contributed by atoms with E-state index in [2.05, 4.69) is 0 Å². The maximum absolute atomic E-state index is 11.6. The Morgan fingerprint density at radius 3 is 2.53 bits per heavy atom. The number of phenols is 1. The molecule has 0 amide bonds. The summed E-state index contributed by atoms with van der Waals surface area (Å²) in [6, 6.07) is 17.3. The van der Waals surface area contributed by atoms with Gasteiger partial charge in [0.2, 0.25) is 0 Å². The first kappa shape index (κ1) is 25.7. The van der Waals surface area contributed by atoms with Gasteiger partial charge in [0, 0.05) is 6.61 Å². The van der Waals surface area contributed by atoms with E-state index in [1.54, 1.807) is 24.3 Å². The summed E-state index contributed by atoms with van der Waals surface area (Å²) in [5, 5.41) is 19.6. The summed E-state index contributed by atoms with van der Waals surface area (Å²) in [6.07, 6.45) is 1.90. The molecular weight excluding hydrogens is 484 g/mol. The number of hydrogen-bond acceptors (Lipinski definition) is 6. The molecule has 4 rings (SSSR count). The Labute approximate surface area is 214 Å². The Balaban J connectivity index is 1.53. The lowest BCUT2D eigenvalue weighted by molar-refractivity contribution is -0.181. The molecule has 2 N–H and O–H groups in total. The monoisotopic (exact) mass is 510 g/mol. The van der Waals surface area contributed by atoms with Crippen molar-refractivity contribution in [1.82, 2.24) is 0 Å². The number of hydrogen-bond donors (Lipinski definition) is 2. The number of halogens is 1. The Morgan fingerprint density at radius 2 is 1.86 bits per heavy atom. The van der Waals surface area contributed by atoms with E-state index in [0.717, 1.165) is 36.0 Å². The van der Waals surface area contributed by atoms with E-state index in [-0.39, 0.29) is 46.3 Å². The third-order valence-electron chi connectivity index (χ3n) is 6.00. The zero-order valence-electron chi connectivity index (χ0n) is 19.8. The third-order valence-corrected chi connectivity index (χ3v) is 6.36. The number of rotatable bonds is 9. The lowest BCUT2D eigenvalue weighted by Gasteiger charge is -2.28. The smallest absolute Gasteiger partial charge is 0.335 e. The number of aromatic hydroxyl groups is 1. The van der Waals surface area contributed by atoms with Crippen molar-refractivity contribution in [2.45, 2.75) is 45.2 Å². The van der Waals surface area contributed by atoms with Gasteiger partial charge in [0.15, 0.2) is 12.1 Å². The normalized spacial score (nSPS) is 16.3. The number of carbonyl (C=O) groups is 2. The number of phenolic OH excluding ortho intramolecular Hbond substituents is 1. The minimum absolute atomic E-state index is 0.0152. The number of aromatic carboxylic acids is 1. The molecule has 1 heterocycles. The first-order valence-electron chi connectivity index (χ1n) is 11.7. The summed E-state index contributed by atoms with van der Waals surface area (Å²) >= 11 is 6.17. The van der Waals surface area contributed by atoms with Crippen molar-refractivity contribution in [1.29, 1.82) is 0 Å². The second-order valence-corrected chi connectivity index (χ2v) is 8.98. The van der Waals surface area contributed by atoms with Crippen LogP contribution in [-0.4, -0.2) is 34.9 Å². The minimum atomic E-state index is -1.00. The second-order valence-electron chi connectivity index (χ2n) is 8.60. The number of benzene rings is 3. The topological polar surface area (TPSA) is 102 Å². The van der Waals surface area contributed by atoms with Crippen molar-refractivity contribution in [2.24, 2.45) is 0 Å². The van der Waals surface area contributed by atoms with Crippen LogP contribution in [0, 0.1) is 0 Å². The fourth-order valence-electron chi connectivity index (χ4n) is 4.05. The first-order chi connectivity index (χ1) is 17.3. The van der Waals surface area contributed by atoms with Gasteiger partial charge in [0.1, 0.15) is 29.2 Å². The molecule has 3 aromatic rings. The summed E-state index contributed by atoms with van der Waals surface area (Å²) in [7, 11) is 0. The molecule has 1 aliphatic heterocycles. The minimum Gasteiger partial charge on any atom is -0.505 e. The number of ketones is 1. The van der Waals surface area contributed by atoms with Crippen molar-refractivity contribution < 1.29 is 34.0 Å². The largest absolute Gasteiger partial charge is 0.505 e. The molecule has 0 spiro atoms. The van der Waals surface area contributed by atoms with Gasteiger partial charge in [-0.2, -0.15) is 0 Å². The van der Waals surface area contributed by atoms with Crippen molar-refractivity contribution in [3.8, 4) is 11.5 Å². The van der Waals surface area contributed by atoms with E-state index >= 15 is 0 Å². The highest BCUT2D eigenvalue weighted by Gasteiger charge is 2.24. The number of ether oxygens (including phenoxy) is 3. The molecule has 2 unspecified atom stereocenters. The van der Waals surface area contributed by atoms with E-state index < -0.39 is 12.1 Å². The molecule has 0 saturated carbocycles. The highest BCUT2D eigenvalue weighted by Crippen LogP contribution is 2.37. The Bertz CT molecular complexity index is 1230. The molecule has 36 heavy (non-hydrogen) atoms. The third kappa shape index (κ3) is 6.05. The molecule has 188 valence electrons. The van der Waals surface area contributed by atoms with E-state index in [0.29, 0.717) is 6.61 Å². The second kappa shape index (κ2) is 11.6. The molecular formula is C28H27ClO7. The van der Waals surface area contributed by atoms with E-state index in [9.17, 15) is 19.8 Å². The van der Waals surface area contributed by atoms with Crippen LogP contribution in [0.25, 0.3) is 0 Å². The van der Waals surface area contributed by atoms with Gasteiger partial charge >= 0.3 is 5.97 Å². The Morgan fingerprint density at radius 1 is 1.08 bits per heavy atom. The average Bonchev–Trinajstić information content (AvgIpc) is 2.89. The van der Waals surface area contributed by atoms with Gasteiger partial charge in [-0.25, -0.2) is 4.79 Å². The molecule has 0 radical (unpaired) electrons. The highest BCUT2D eigenvalue weighted by molar-refractivity contribution is 6.34. The zero-order valence-corrected chi connectivity index (χ0v) is 20.5. The molecule has 0 bridgehead atoms. The van der Waals surface area contributed by atoms with Crippen LogP contribution < -0.4 is 4.74 Å². The number of Topliss-reactive ketones (excluding diaryl/α,β-unsaturated/α-hetero) is 1. The molecule has 2 atom stereocenters. The van der Waals surface area contributed by atoms with Gasteiger partial charge in [0.05, 0.1) is 11.1 Å². The van der Waals surface area contributed by atoms with Gasteiger partial charge in [-0.05, 0) is 67.1 Å². The quantitative estimate of drug-likeness (QED) is 0.332. The first-order valence-corrected chi connectivity index (χ1v) is 12.1. The average molecular weight is 511 g/mol. The lowest BCUT2D eigenvalue weighted by Crippen LogP contribution is -2.25. The van der Waals surface area contributed by atoms with Crippen LogP contribution >= 0.6 is 11.6 Å². The molecule has 0 aromatic heterocycles. The molecule has 0 aliphatic carbocycles. The fraction of sp³-hybridized carbons (Fsp3) is 0.286. The van der Waals surface area contributed by atoms with Gasteiger partial charge < -0.3 is 24.4 Å². The predicted octanol–water partition coefficient (Wildman–Crippen LogP) is 6.16. The summed E-state index contributed by atoms with van der Waals surface area (Å²) in [4.78, 5) is 23.1.